The Morgan fingerprint density at radius 3 is 2.04 bits per heavy atom. The molecule has 1 aliphatic carbocycles. The average Bonchev–Trinajstić information content (AvgIpc) is 3.29. The van der Waals surface area contributed by atoms with Crippen molar-refractivity contribution in [2.45, 2.75) is 32.1 Å². The zero-order chi connectivity index (χ0) is 19.7. The van der Waals surface area contributed by atoms with E-state index in [0.29, 0.717) is 10.6 Å². The second-order valence-corrected chi connectivity index (χ2v) is 8.37. The first-order chi connectivity index (χ1) is 13.5. The van der Waals surface area contributed by atoms with E-state index in [1.807, 2.05) is 23.6 Å². The lowest BCUT2D eigenvalue weighted by Gasteiger charge is -2.17. The van der Waals surface area contributed by atoms with E-state index in [2.05, 4.69) is 42.7 Å². The van der Waals surface area contributed by atoms with Crippen molar-refractivity contribution in [1.82, 2.24) is 0 Å². The van der Waals surface area contributed by atoms with Crippen molar-refractivity contribution in [3.63, 3.8) is 0 Å². The number of nitrogens with one attached hydrogen (secondary N) is 2. The molecule has 142 valence electrons. The Labute approximate surface area is 168 Å². The number of hydrogen-bond acceptors (Lipinski definition) is 3. The van der Waals surface area contributed by atoms with Gasteiger partial charge in [-0.05, 0) is 68.0 Å². The van der Waals surface area contributed by atoms with Gasteiger partial charge in [0, 0.05) is 11.4 Å². The Balaban J connectivity index is 1.44. The molecule has 1 aliphatic rings. The summed E-state index contributed by atoms with van der Waals surface area (Å²) in [7, 11) is 0. The molecule has 4 rings (SSSR count). The molecule has 0 saturated heterocycles. The summed E-state index contributed by atoms with van der Waals surface area (Å²) in [5.41, 5.74) is 4.48. The Hall–Kier alpha value is -2.92. The molecule has 0 atom stereocenters. The summed E-state index contributed by atoms with van der Waals surface area (Å²) in [6, 6.07) is 17.2. The summed E-state index contributed by atoms with van der Waals surface area (Å²) < 4.78 is 0. The molecule has 0 unspecified atom stereocenters. The molecular formula is C23H22N2O2S. The zero-order valence-electron chi connectivity index (χ0n) is 15.9. The van der Waals surface area contributed by atoms with Gasteiger partial charge in [0.2, 0.25) is 5.91 Å². The van der Waals surface area contributed by atoms with E-state index in [1.54, 1.807) is 18.2 Å². The third-order valence-corrected chi connectivity index (χ3v) is 5.97. The second-order valence-electron chi connectivity index (χ2n) is 7.42. The number of carbonyl (C=O) groups excluding carboxylic acids is 2. The molecule has 2 amide bonds. The van der Waals surface area contributed by atoms with Gasteiger partial charge in [-0.2, -0.15) is 0 Å². The highest BCUT2D eigenvalue weighted by Gasteiger charge is 2.51. The van der Waals surface area contributed by atoms with Crippen LogP contribution >= 0.6 is 11.3 Å². The predicted molar refractivity (Wildman–Crippen MR) is 114 cm³/mol. The Kier molecular flexibility index (Phi) is 4.77. The van der Waals surface area contributed by atoms with Gasteiger partial charge in [0.1, 0.15) is 0 Å². The number of benzene rings is 2. The molecule has 1 heterocycles. The third kappa shape index (κ3) is 3.71. The number of rotatable bonds is 5. The van der Waals surface area contributed by atoms with Crippen LogP contribution in [0.15, 0.2) is 60.0 Å². The van der Waals surface area contributed by atoms with Crippen molar-refractivity contribution in [1.29, 1.82) is 0 Å². The van der Waals surface area contributed by atoms with Gasteiger partial charge in [0.15, 0.2) is 0 Å². The summed E-state index contributed by atoms with van der Waals surface area (Å²) in [6.07, 6.45) is 1.74. The smallest absolute Gasteiger partial charge is 0.265 e. The molecule has 0 spiro atoms. The molecule has 3 aromatic rings. The molecule has 1 aromatic heterocycles. The van der Waals surface area contributed by atoms with Crippen LogP contribution in [0.2, 0.25) is 0 Å². The van der Waals surface area contributed by atoms with Crippen LogP contribution in [0.1, 0.15) is 39.2 Å². The number of anilines is 2. The number of thiophene rings is 1. The van der Waals surface area contributed by atoms with E-state index in [4.69, 9.17) is 0 Å². The number of aryl methyl sites for hydroxylation is 2. The maximum absolute atomic E-state index is 13.0. The highest BCUT2D eigenvalue weighted by atomic mass is 32.1. The average molecular weight is 391 g/mol. The highest BCUT2D eigenvalue weighted by molar-refractivity contribution is 7.12. The van der Waals surface area contributed by atoms with Gasteiger partial charge in [0.05, 0.1) is 10.3 Å². The monoisotopic (exact) mass is 390 g/mol. The summed E-state index contributed by atoms with van der Waals surface area (Å²) in [6.45, 7) is 4.13. The van der Waals surface area contributed by atoms with Gasteiger partial charge >= 0.3 is 0 Å². The molecule has 1 saturated carbocycles. The molecule has 4 nitrogen and oxygen atoms in total. The van der Waals surface area contributed by atoms with Crippen molar-refractivity contribution in [3.8, 4) is 0 Å². The SMILES string of the molecule is Cc1cc(C)cc(C2(C(=O)Nc3ccc(NC(=O)c4cccs4)cc3)CC2)c1. The van der Waals surface area contributed by atoms with Crippen LogP contribution in [-0.4, -0.2) is 11.8 Å². The summed E-state index contributed by atoms with van der Waals surface area (Å²) in [5, 5.41) is 7.78. The van der Waals surface area contributed by atoms with Crippen LogP contribution in [0.5, 0.6) is 0 Å². The minimum Gasteiger partial charge on any atom is -0.325 e. The number of hydrogen-bond donors (Lipinski definition) is 2. The van der Waals surface area contributed by atoms with Crippen LogP contribution in [0, 0.1) is 13.8 Å². The van der Waals surface area contributed by atoms with E-state index in [1.165, 1.54) is 22.5 Å². The van der Waals surface area contributed by atoms with Gasteiger partial charge in [-0.1, -0.05) is 35.4 Å². The van der Waals surface area contributed by atoms with Gasteiger partial charge in [0.25, 0.3) is 5.91 Å². The predicted octanol–water partition coefficient (Wildman–Crippen LogP) is 5.29. The highest BCUT2D eigenvalue weighted by Crippen LogP contribution is 2.49. The lowest BCUT2D eigenvalue weighted by Crippen LogP contribution is -2.28. The van der Waals surface area contributed by atoms with Crippen molar-refractivity contribution in [3.05, 3.63) is 81.5 Å². The first-order valence-electron chi connectivity index (χ1n) is 9.31. The maximum Gasteiger partial charge on any atom is 0.265 e. The summed E-state index contributed by atoms with van der Waals surface area (Å²) >= 11 is 1.40. The third-order valence-electron chi connectivity index (χ3n) is 5.10. The van der Waals surface area contributed by atoms with E-state index >= 15 is 0 Å². The van der Waals surface area contributed by atoms with Crippen LogP contribution < -0.4 is 10.6 Å². The molecule has 28 heavy (non-hydrogen) atoms. The van der Waals surface area contributed by atoms with Crippen molar-refractivity contribution >= 4 is 34.5 Å². The van der Waals surface area contributed by atoms with Gasteiger partial charge < -0.3 is 10.6 Å². The van der Waals surface area contributed by atoms with E-state index in [0.717, 1.165) is 24.1 Å². The van der Waals surface area contributed by atoms with Gasteiger partial charge in [-0.25, -0.2) is 0 Å². The molecule has 1 fully saturated rings. The van der Waals surface area contributed by atoms with E-state index < -0.39 is 5.41 Å². The van der Waals surface area contributed by atoms with Crippen LogP contribution in [-0.2, 0) is 10.2 Å². The molecule has 0 bridgehead atoms. The fraction of sp³-hybridized carbons (Fsp3) is 0.217. The molecule has 0 aliphatic heterocycles. The van der Waals surface area contributed by atoms with E-state index in [-0.39, 0.29) is 11.8 Å². The molecule has 5 heteroatoms. The standard InChI is InChI=1S/C23H22N2O2S/c1-15-12-16(2)14-17(13-15)23(9-10-23)22(27)25-19-7-5-18(6-8-19)24-21(26)20-4-3-11-28-20/h3-8,11-14H,9-10H2,1-2H3,(H,24,26)(H,25,27). The quantitative estimate of drug-likeness (QED) is 0.622. The lowest BCUT2D eigenvalue weighted by molar-refractivity contribution is -0.118. The van der Waals surface area contributed by atoms with Crippen molar-refractivity contribution in [2.75, 3.05) is 10.6 Å². The zero-order valence-corrected chi connectivity index (χ0v) is 16.7. The lowest BCUT2D eigenvalue weighted by atomic mass is 9.92. The summed E-state index contributed by atoms with van der Waals surface area (Å²) in [5.74, 6) is -0.0913. The largest absolute Gasteiger partial charge is 0.325 e. The van der Waals surface area contributed by atoms with Crippen molar-refractivity contribution in [2.24, 2.45) is 0 Å². The first kappa shape index (κ1) is 18.4. The number of carbonyl (C=O) groups is 2. The molecular weight excluding hydrogens is 368 g/mol. The first-order valence-corrected chi connectivity index (χ1v) is 10.2. The number of amides is 2. The second kappa shape index (κ2) is 7.24. The molecule has 2 aromatic carbocycles. The minimum atomic E-state index is -0.414. The maximum atomic E-state index is 13.0. The fourth-order valence-electron chi connectivity index (χ4n) is 3.51. The summed E-state index contributed by atoms with van der Waals surface area (Å²) in [4.78, 5) is 25.7. The normalized spacial score (nSPS) is 14.4. The van der Waals surface area contributed by atoms with Crippen LogP contribution in [0.4, 0.5) is 11.4 Å². The topological polar surface area (TPSA) is 58.2 Å². The Bertz CT molecular complexity index is 999. The fourth-order valence-corrected chi connectivity index (χ4v) is 4.13. The molecule has 2 N–H and O–H groups in total. The van der Waals surface area contributed by atoms with Crippen molar-refractivity contribution < 1.29 is 9.59 Å². The Morgan fingerprint density at radius 2 is 1.50 bits per heavy atom. The molecule has 0 radical (unpaired) electrons. The Morgan fingerprint density at radius 1 is 0.893 bits per heavy atom. The van der Waals surface area contributed by atoms with E-state index in [9.17, 15) is 9.59 Å². The van der Waals surface area contributed by atoms with Gasteiger partial charge in [-0.15, -0.1) is 11.3 Å². The minimum absolute atomic E-state index is 0.0351. The van der Waals surface area contributed by atoms with Crippen LogP contribution in [0.3, 0.4) is 0 Å². The van der Waals surface area contributed by atoms with Crippen LogP contribution in [0.25, 0.3) is 0 Å². The van der Waals surface area contributed by atoms with Gasteiger partial charge in [-0.3, -0.25) is 9.59 Å².